The van der Waals surface area contributed by atoms with Crippen molar-refractivity contribution in [2.45, 2.75) is 26.3 Å². The Morgan fingerprint density at radius 2 is 2.21 bits per heavy atom. The van der Waals surface area contributed by atoms with Gasteiger partial charge in [0.05, 0.1) is 7.11 Å². The van der Waals surface area contributed by atoms with Gasteiger partial charge in [-0.15, -0.1) is 0 Å². The quantitative estimate of drug-likeness (QED) is 0.733. The number of hydrogen-bond acceptors (Lipinski definition) is 2. The van der Waals surface area contributed by atoms with E-state index in [4.69, 9.17) is 4.74 Å². The molecule has 0 saturated carbocycles. The first-order chi connectivity index (χ1) is 6.83. The molecule has 0 saturated heterocycles. The molecule has 2 rings (SSSR count). The van der Waals surface area contributed by atoms with Gasteiger partial charge < -0.3 is 10.1 Å². The molecule has 1 heterocycles. The van der Waals surface area contributed by atoms with Gasteiger partial charge in [-0.25, -0.2) is 0 Å². The van der Waals surface area contributed by atoms with Crippen LogP contribution in [0.25, 0.3) is 0 Å². The third-order valence-electron chi connectivity index (χ3n) is 2.96. The van der Waals surface area contributed by atoms with Gasteiger partial charge in [0.2, 0.25) is 0 Å². The Morgan fingerprint density at radius 3 is 3.00 bits per heavy atom. The highest BCUT2D eigenvalue weighted by Gasteiger charge is 2.12. The van der Waals surface area contributed by atoms with Crippen molar-refractivity contribution in [2.75, 3.05) is 13.7 Å². The molecule has 0 amide bonds. The van der Waals surface area contributed by atoms with E-state index >= 15 is 0 Å². The van der Waals surface area contributed by atoms with E-state index < -0.39 is 0 Å². The zero-order valence-corrected chi connectivity index (χ0v) is 8.89. The predicted octanol–water partition coefficient (Wildman–Crippen LogP) is 2.04. The zero-order valence-electron chi connectivity index (χ0n) is 8.89. The minimum absolute atomic E-state index is 1.00. The van der Waals surface area contributed by atoms with Gasteiger partial charge in [0.1, 0.15) is 5.75 Å². The third-order valence-corrected chi connectivity index (χ3v) is 2.96. The molecule has 2 nitrogen and oxygen atoms in total. The molecule has 0 fully saturated rings. The van der Waals surface area contributed by atoms with Gasteiger partial charge in [0, 0.05) is 6.54 Å². The molecule has 0 spiro atoms. The lowest BCUT2D eigenvalue weighted by Crippen LogP contribution is -2.11. The lowest BCUT2D eigenvalue weighted by molar-refractivity contribution is 0.411. The fourth-order valence-electron chi connectivity index (χ4n) is 2.14. The number of rotatable bonds is 1. The Kier molecular flexibility index (Phi) is 2.73. The van der Waals surface area contributed by atoms with Crippen molar-refractivity contribution in [3.63, 3.8) is 0 Å². The second kappa shape index (κ2) is 4.01. The summed E-state index contributed by atoms with van der Waals surface area (Å²) in [5, 5.41) is 3.43. The van der Waals surface area contributed by atoms with Gasteiger partial charge in [-0.1, -0.05) is 6.07 Å². The molecule has 14 heavy (non-hydrogen) atoms. The van der Waals surface area contributed by atoms with Gasteiger partial charge in [0.15, 0.2) is 0 Å². The van der Waals surface area contributed by atoms with Gasteiger partial charge in [0.25, 0.3) is 0 Å². The van der Waals surface area contributed by atoms with Crippen LogP contribution in [0.1, 0.15) is 23.1 Å². The van der Waals surface area contributed by atoms with Crippen molar-refractivity contribution < 1.29 is 4.74 Å². The van der Waals surface area contributed by atoms with E-state index in [-0.39, 0.29) is 0 Å². The maximum atomic E-state index is 5.33. The number of methoxy groups -OCH3 is 1. The number of hydrogen-bond donors (Lipinski definition) is 1. The van der Waals surface area contributed by atoms with Crippen LogP contribution in [0.5, 0.6) is 5.75 Å². The maximum absolute atomic E-state index is 5.33. The molecule has 1 aromatic carbocycles. The van der Waals surface area contributed by atoms with Crippen LogP contribution in [0, 0.1) is 6.92 Å². The van der Waals surface area contributed by atoms with Crippen LogP contribution < -0.4 is 10.1 Å². The molecular weight excluding hydrogens is 174 g/mol. The average Bonchev–Trinajstić information content (AvgIpc) is 2.44. The summed E-state index contributed by atoms with van der Waals surface area (Å²) in [5.41, 5.74) is 4.23. The molecule has 0 radical (unpaired) electrons. The Bertz CT molecular complexity index is 333. The maximum Gasteiger partial charge on any atom is 0.122 e. The molecule has 1 aliphatic heterocycles. The Labute approximate surface area is 85.3 Å². The lowest BCUT2D eigenvalue weighted by Gasteiger charge is -2.12. The van der Waals surface area contributed by atoms with E-state index in [2.05, 4.69) is 24.4 Å². The monoisotopic (exact) mass is 191 g/mol. The molecule has 0 bridgehead atoms. The highest BCUT2D eigenvalue weighted by molar-refractivity contribution is 5.44. The topological polar surface area (TPSA) is 21.3 Å². The molecule has 2 heteroatoms. The Hall–Kier alpha value is -1.02. The highest BCUT2D eigenvalue weighted by atomic mass is 16.5. The van der Waals surface area contributed by atoms with Crippen LogP contribution in [0.15, 0.2) is 12.1 Å². The van der Waals surface area contributed by atoms with Crippen molar-refractivity contribution in [1.29, 1.82) is 0 Å². The molecule has 1 aromatic rings. The average molecular weight is 191 g/mol. The van der Waals surface area contributed by atoms with E-state index in [1.807, 2.05) is 0 Å². The SMILES string of the molecule is COc1ccc2c(c1C)CCCNC2. The standard InChI is InChI=1S/C12H17NO/c1-9-11-4-3-7-13-8-10(11)5-6-12(9)14-2/h5-6,13H,3-4,7-8H2,1-2H3. The first kappa shape index (κ1) is 9.53. The van der Waals surface area contributed by atoms with E-state index in [9.17, 15) is 0 Å². The first-order valence-corrected chi connectivity index (χ1v) is 5.19. The molecule has 1 N–H and O–H groups in total. The molecule has 0 aliphatic carbocycles. The smallest absolute Gasteiger partial charge is 0.122 e. The molecule has 76 valence electrons. The van der Waals surface area contributed by atoms with Gasteiger partial charge in [-0.3, -0.25) is 0 Å². The number of ether oxygens (including phenoxy) is 1. The van der Waals surface area contributed by atoms with Crippen LogP contribution in [-0.4, -0.2) is 13.7 Å². The first-order valence-electron chi connectivity index (χ1n) is 5.19. The van der Waals surface area contributed by atoms with Crippen LogP contribution >= 0.6 is 0 Å². The summed E-state index contributed by atoms with van der Waals surface area (Å²) in [5.74, 6) is 1.02. The van der Waals surface area contributed by atoms with Crippen molar-refractivity contribution in [2.24, 2.45) is 0 Å². The van der Waals surface area contributed by atoms with E-state index in [0.717, 1.165) is 18.8 Å². The zero-order chi connectivity index (χ0) is 9.97. The molecule has 0 aromatic heterocycles. The predicted molar refractivity (Wildman–Crippen MR) is 57.8 cm³/mol. The molecular formula is C12H17NO. The van der Waals surface area contributed by atoms with E-state index in [1.165, 1.54) is 29.5 Å². The summed E-state index contributed by atoms with van der Waals surface area (Å²) in [6, 6.07) is 4.25. The van der Waals surface area contributed by atoms with Crippen LogP contribution in [0.2, 0.25) is 0 Å². The van der Waals surface area contributed by atoms with Crippen LogP contribution in [-0.2, 0) is 13.0 Å². The van der Waals surface area contributed by atoms with Gasteiger partial charge >= 0.3 is 0 Å². The molecule has 0 atom stereocenters. The van der Waals surface area contributed by atoms with Crippen molar-refractivity contribution in [3.8, 4) is 5.75 Å². The highest BCUT2D eigenvalue weighted by Crippen LogP contribution is 2.26. The van der Waals surface area contributed by atoms with Gasteiger partial charge in [-0.05, 0) is 49.1 Å². The minimum Gasteiger partial charge on any atom is -0.496 e. The largest absolute Gasteiger partial charge is 0.496 e. The summed E-state index contributed by atoms with van der Waals surface area (Å²) in [4.78, 5) is 0. The third kappa shape index (κ3) is 1.62. The summed E-state index contributed by atoms with van der Waals surface area (Å²) >= 11 is 0. The summed E-state index contributed by atoms with van der Waals surface area (Å²) in [7, 11) is 1.74. The fourth-order valence-corrected chi connectivity index (χ4v) is 2.14. The lowest BCUT2D eigenvalue weighted by atomic mass is 9.98. The fraction of sp³-hybridized carbons (Fsp3) is 0.500. The van der Waals surface area contributed by atoms with E-state index in [0.29, 0.717) is 0 Å². The van der Waals surface area contributed by atoms with Crippen molar-refractivity contribution in [1.82, 2.24) is 5.32 Å². The second-order valence-electron chi connectivity index (χ2n) is 3.81. The second-order valence-corrected chi connectivity index (χ2v) is 3.81. The normalized spacial score (nSPS) is 15.9. The number of fused-ring (bicyclic) bond motifs is 1. The number of benzene rings is 1. The van der Waals surface area contributed by atoms with E-state index in [1.54, 1.807) is 7.11 Å². The Morgan fingerprint density at radius 1 is 1.36 bits per heavy atom. The summed E-state index contributed by atoms with van der Waals surface area (Å²) < 4.78 is 5.33. The van der Waals surface area contributed by atoms with Crippen molar-refractivity contribution >= 4 is 0 Å². The molecule has 1 aliphatic rings. The summed E-state index contributed by atoms with van der Waals surface area (Å²) in [6.45, 7) is 4.28. The van der Waals surface area contributed by atoms with Gasteiger partial charge in [-0.2, -0.15) is 0 Å². The van der Waals surface area contributed by atoms with Crippen molar-refractivity contribution in [3.05, 3.63) is 28.8 Å². The molecule has 0 unspecified atom stereocenters. The summed E-state index contributed by atoms with van der Waals surface area (Å²) in [6.07, 6.45) is 2.40. The minimum atomic E-state index is 1.00. The van der Waals surface area contributed by atoms with Crippen LogP contribution in [0.3, 0.4) is 0 Å². The Balaban J connectivity index is 2.44. The number of nitrogens with one attached hydrogen (secondary N) is 1. The van der Waals surface area contributed by atoms with Crippen LogP contribution in [0.4, 0.5) is 0 Å².